The SMILES string of the molecule is CNC(=O)c1cc(CO)ccn1.Cl. The van der Waals surface area contributed by atoms with E-state index in [1.807, 2.05) is 0 Å². The van der Waals surface area contributed by atoms with Crippen LogP contribution in [0.15, 0.2) is 18.3 Å². The number of hydrogen-bond acceptors (Lipinski definition) is 3. The van der Waals surface area contributed by atoms with Crippen LogP contribution in [0.2, 0.25) is 0 Å². The Hall–Kier alpha value is -1.13. The first-order valence-corrected chi connectivity index (χ1v) is 3.56. The van der Waals surface area contributed by atoms with Crippen molar-refractivity contribution in [2.45, 2.75) is 6.61 Å². The van der Waals surface area contributed by atoms with Gasteiger partial charge in [0.1, 0.15) is 5.69 Å². The molecule has 0 aliphatic carbocycles. The van der Waals surface area contributed by atoms with Crippen molar-refractivity contribution < 1.29 is 9.90 Å². The molecule has 0 fully saturated rings. The molecule has 0 saturated heterocycles. The van der Waals surface area contributed by atoms with E-state index in [4.69, 9.17) is 5.11 Å². The van der Waals surface area contributed by atoms with E-state index < -0.39 is 0 Å². The lowest BCUT2D eigenvalue weighted by Gasteiger charge is -1.99. The third-order valence-corrected chi connectivity index (χ3v) is 1.47. The van der Waals surface area contributed by atoms with Crippen LogP contribution in [-0.2, 0) is 6.61 Å². The van der Waals surface area contributed by atoms with Crippen molar-refractivity contribution in [3.05, 3.63) is 29.6 Å². The summed E-state index contributed by atoms with van der Waals surface area (Å²) in [5.41, 5.74) is 1.01. The first-order valence-electron chi connectivity index (χ1n) is 3.56. The first kappa shape index (κ1) is 11.9. The molecule has 0 saturated carbocycles. The van der Waals surface area contributed by atoms with Crippen LogP contribution in [0.25, 0.3) is 0 Å². The quantitative estimate of drug-likeness (QED) is 0.728. The first-order chi connectivity index (χ1) is 5.77. The van der Waals surface area contributed by atoms with E-state index >= 15 is 0 Å². The summed E-state index contributed by atoms with van der Waals surface area (Å²) in [6.45, 7) is -0.0769. The standard InChI is InChI=1S/C8H10N2O2.ClH/c1-9-8(12)7-4-6(5-11)2-3-10-7;/h2-4,11H,5H2,1H3,(H,9,12);1H. The molecule has 1 heterocycles. The van der Waals surface area contributed by atoms with E-state index in [1.54, 1.807) is 12.1 Å². The van der Waals surface area contributed by atoms with Crippen molar-refractivity contribution in [2.24, 2.45) is 0 Å². The monoisotopic (exact) mass is 202 g/mol. The Labute approximate surface area is 82.4 Å². The molecular weight excluding hydrogens is 192 g/mol. The highest BCUT2D eigenvalue weighted by Crippen LogP contribution is 2.00. The molecule has 0 aliphatic rings. The molecule has 1 amide bonds. The Kier molecular flexibility index (Phi) is 5.03. The molecule has 1 rings (SSSR count). The summed E-state index contributed by atoms with van der Waals surface area (Å²) >= 11 is 0. The average molecular weight is 203 g/mol. The lowest BCUT2D eigenvalue weighted by Crippen LogP contribution is -2.19. The van der Waals surface area contributed by atoms with E-state index in [0.717, 1.165) is 0 Å². The number of amides is 1. The summed E-state index contributed by atoms with van der Waals surface area (Å²) in [4.78, 5) is 14.9. The fourth-order valence-electron chi connectivity index (χ4n) is 0.825. The minimum Gasteiger partial charge on any atom is -0.392 e. The second kappa shape index (κ2) is 5.50. The third-order valence-electron chi connectivity index (χ3n) is 1.47. The van der Waals surface area contributed by atoms with Gasteiger partial charge in [-0.05, 0) is 17.7 Å². The van der Waals surface area contributed by atoms with Gasteiger partial charge >= 0.3 is 0 Å². The number of aliphatic hydroxyl groups excluding tert-OH is 1. The van der Waals surface area contributed by atoms with Crippen LogP contribution < -0.4 is 5.32 Å². The number of carbonyl (C=O) groups excluding carboxylic acids is 1. The van der Waals surface area contributed by atoms with E-state index in [1.165, 1.54) is 13.2 Å². The number of carbonyl (C=O) groups is 1. The van der Waals surface area contributed by atoms with Gasteiger partial charge in [0.2, 0.25) is 0 Å². The van der Waals surface area contributed by atoms with Gasteiger partial charge in [0.05, 0.1) is 6.61 Å². The molecular formula is C8H11ClN2O2. The largest absolute Gasteiger partial charge is 0.392 e. The predicted molar refractivity (Wildman–Crippen MR) is 50.8 cm³/mol. The van der Waals surface area contributed by atoms with Crippen molar-refractivity contribution in [2.75, 3.05) is 7.05 Å². The van der Waals surface area contributed by atoms with Gasteiger partial charge in [0, 0.05) is 13.2 Å². The van der Waals surface area contributed by atoms with Crippen molar-refractivity contribution in [1.29, 1.82) is 0 Å². The van der Waals surface area contributed by atoms with Gasteiger partial charge in [-0.15, -0.1) is 12.4 Å². The van der Waals surface area contributed by atoms with Crippen LogP contribution in [0, 0.1) is 0 Å². The van der Waals surface area contributed by atoms with E-state index in [2.05, 4.69) is 10.3 Å². The smallest absolute Gasteiger partial charge is 0.269 e. The maximum atomic E-state index is 11.0. The van der Waals surface area contributed by atoms with Crippen molar-refractivity contribution in [3.63, 3.8) is 0 Å². The highest BCUT2D eigenvalue weighted by Gasteiger charge is 2.03. The van der Waals surface area contributed by atoms with E-state index in [0.29, 0.717) is 11.3 Å². The molecule has 13 heavy (non-hydrogen) atoms. The highest BCUT2D eigenvalue weighted by molar-refractivity contribution is 5.92. The van der Waals surface area contributed by atoms with Gasteiger partial charge in [0.25, 0.3) is 5.91 Å². The normalized spacial score (nSPS) is 8.77. The Balaban J connectivity index is 0.00000144. The number of hydrogen-bond donors (Lipinski definition) is 2. The van der Waals surface area contributed by atoms with Crippen molar-refractivity contribution >= 4 is 18.3 Å². The number of nitrogens with one attached hydrogen (secondary N) is 1. The van der Waals surface area contributed by atoms with Crippen LogP contribution in [0.1, 0.15) is 16.1 Å². The molecule has 72 valence electrons. The summed E-state index contributed by atoms with van der Waals surface area (Å²) in [5, 5.41) is 11.2. The number of rotatable bonds is 2. The van der Waals surface area contributed by atoms with Gasteiger partial charge in [0.15, 0.2) is 0 Å². The molecule has 2 N–H and O–H groups in total. The van der Waals surface area contributed by atoms with E-state index in [-0.39, 0.29) is 24.9 Å². The second-order valence-electron chi connectivity index (χ2n) is 2.29. The van der Waals surface area contributed by atoms with Crippen LogP contribution >= 0.6 is 12.4 Å². The lowest BCUT2D eigenvalue weighted by molar-refractivity contribution is 0.0958. The minimum absolute atomic E-state index is 0. The summed E-state index contributed by atoms with van der Waals surface area (Å²) < 4.78 is 0. The predicted octanol–water partition coefficient (Wildman–Crippen LogP) is 0.355. The fraction of sp³-hybridized carbons (Fsp3) is 0.250. The summed E-state index contributed by atoms with van der Waals surface area (Å²) in [5.74, 6) is -0.245. The van der Waals surface area contributed by atoms with Crippen molar-refractivity contribution in [3.8, 4) is 0 Å². The topological polar surface area (TPSA) is 62.2 Å². The Morgan fingerprint density at radius 2 is 2.38 bits per heavy atom. The van der Waals surface area contributed by atoms with Gasteiger partial charge in [-0.25, -0.2) is 0 Å². The van der Waals surface area contributed by atoms with Crippen molar-refractivity contribution in [1.82, 2.24) is 10.3 Å². The molecule has 1 aromatic rings. The molecule has 5 heteroatoms. The van der Waals surface area contributed by atoms with Crippen LogP contribution in [0.4, 0.5) is 0 Å². The Morgan fingerprint density at radius 3 is 2.92 bits per heavy atom. The Morgan fingerprint density at radius 1 is 1.69 bits per heavy atom. The molecule has 0 atom stereocenters. The molecule has 0 aromatic carbocycles. The molecule has 0 bridgehead atoms. The number of pyridine rings is 1. The highest BCUT2D eigenvalue weighted by atomic mass is 35.5. The maximum absolute atomic E-state index is 11.0. The van der Waals surface area contributed by atoms with E-state index in [9.17, 15) is 4.79 Å². The number of aromatic nitrogens is 1. The molecule has 1 aromatic heterocycles. The van der Waals surface area contributed by atoms with Crippen LogP contribution in [0.5, 0.6) is 0 Å². The van der Waals surface area contributed by atoms with Gasteiger partial charge in [-0.1, -0.05) is 0 Å². The lowest BCUT2D eigenvalue weighted by atomic mass is 10.2. The zero-order chi connectivity index (χ0) is 8.97. The van der Waals surface area contributed by atoms with Crippen LogP contribution in [0.3, 0.4) is 0 Å². The summed E-state index contributed by atoms with van der Waals surface area (Å²) in [6, 6.07) is 3.21. The van der Waals surface area contributed by atoms with Crippen LogP contribution in [-0.4, -0.2) is 23.0 Å². The maximum Gasteiger partial charge on any atom is 0.269 e. The molecule has 0 unspecified atom stereocenters. The molecule has 4 nitrogen and oxygen atoms in total. The minimum atomic E-state index is -0.245. The third kappa shape index (κ3) is 3.01. The number of halogens is 1. The molecule has 0 spiro atoms. The van der Waals surface area contributed by atoms with Gasteiger partial charge in [-0.2, -0.15) is 0 Å². The zero-order valence-corrected chi connectivity index (χ0v) is 7.97. The molecule has 0 aliphatic heterocycles. The second-order valence-corrected chi connectivity index (χ2v) is 2.29. The molecule has 0 radical (unpaired) electrons. The summed E-state index contributed by atoms with van der Waals surface area (Å²) in [6.07, 6.45) is 1.50. The average Bonchev–Trinajstić information content (AvgIpc) is 2.17. The fourth-order valence-corrected chi connectivity index (χ4v) is 0.825. The number of nitrogens with zero attached hydrogens (tertiary/aromatic N) is 1. The summed E-state index contributed by atoms with van der Waals surface area (Å²) in [7, 11) is 1.54. The zero-order valence-electron chi connectivity index (χ0n) is 7.15. The van der Waals surface area contributed by atoms with Gasteiger partial charge in [-0.3, -0.25) is 9.78 Å². The number of aliphatic hydroxyl groups is 1. The van der Waals surface area contributed by atoms with Gasteiger partial charge < -0.3 is 10.4 Å². The Bertz CT molecular complexity index is 291.